The van der Waals surface area contributed by atoms with Crippen LogP contribution in [0.1, 0.15) is 33.1 Å². The van der Waals surface area contributed by atoms with E-state index >= 15 is 0 Å². The molecule has 1 heterocycles. The normalized spacial score (nSPS) is 42.0. The Bertz CT molecular complexity index is 156. The Kier molecular flexibility index (Phi) is 1.69. The van der Waals surface area contributed by atoms with Crippen LogP contribution in [-0.2, 0) is 4.74 Å². The summed E-state index contributed by atoms with van der Waals surface area (Å²) in [5.41, 5.74) is 0.0610. The van der Waals surface area contributed by atoms with Crippen molar-refractivity contribution in [2.24, 2.45) is 0 Å². The number of ether oxygens (including phenoxy) is 1. The summed E-state index contributed by atoms with van der Waals surface area (Å²) < 4.78 is 5.94. The molecule has 0 amide bonds. The Hall–Kier alpha value is -0.0800. The fourth-order valence-electron chi connectivity index (χ4n) is 2.13. The largest absolute Gasteiger partial charge is 0.369 e. The summed E-state index contributed by atoms with van der Waals surface area (Å²) in [7, 11) is 0. The van der Waals surface area contributed by atoms with E-state index in [0.29, 0.717) is 12.1 Å². The molecule has 11 heavy (non-hydrogen) atoms. The van der Waals surface area contributed by atoms with E-state index < -0.39 is 0 Å². The van der Waals surface area contributed by atoms with E-state index in [9.17, 15) is 0 Å². The Balaban J connectivity index is 2.02. The van der Waals surface area contributed by atoms with Crippen LogP contribution < -0.4 is 5.32 Å². The average Bonchev–Trinajstić information content (AvgIpc) is 2.31. The second-order valence-corrected chi connectivity index (χ2v) is 4.33. The lowest BCUT2D eigenvalue weighted by molar-refractivity contribution is -0.105. The van der Waals surface area contributed by atoms with E-state index in [4.69, 9.17) is 4.74 Å². The fourth-order valence-corrected chi connectivity index (χ4v) is 2.13. The van der Waals surface area contributed by atoms with Crippen molar-refractivity contribution in [2.45, 2.75) is 50.9 Å². The first-order chi connectivity index (χ1) is 5.17. The molecule has 2 fully saturated rings. The van der Waals surface area contributed by atoms with Gasteiger partial charge in [-0.3, -0.25) is 0 Å². The zero-order chi connectivity index (χ0) is 7.90. The summed E-state index contributed by atoms with van der Waals surface area (Å²) in [6, 6.07) is 0.656. The quantitative estimate of drug-likeness (QED) is 0.569. The van der Waals surface area contributed by atoms with Crippen LogP contribution in [0.4, 0.5) is 0 Å². The van der Waals surface area contributed by atoms with Crippen LogP contribution in [0.25, 0.3) is 0 Å². The Morgan fingerprint density at radius 2 is 2.18 bits per heavy atom. The second-order valence-electron chi connectivity index (χ2n) is 4.33. The predicted molar refractivity (Wildman–Crippen MR) is 44.6 cm³/mol. The maximum atomic E-state index is 5.94. The number of morpholine rings is 1. The van der Waals surface area contributed by atoms with Crippen LogP contribution in [0.2, 0.25) is 0 Å². The van der Waals surface area contributed by atoms with Gasteiger partial charge in [-0.25, -0.2) is 0 Å². The molecule has 2 aliphatic rings. The van der Waals surface area contributed by atoms with Crippen LogP contribution in [-0.4, -0.2) is 24.3 Å². The minimum Gasteiger partial charge on any atom is -0.369 e. The van der Waals surface area contributed by atoms with Crippen molar-refractivity contribution in [3.8, 4) is 0 Å². The summed E-state index contributed by atoms with van der Waals surface area (Å²) in [5, 5.41) is 3.55. The molecule has 2 nitrogen and oxygen atoms in total. The number of hydrogen-bond acceptors (Lipinski definition) is 2. The van der Waals surface area contributed by atoms with Crippen molar-refractivity contribution in [1.29, 1.82) is 0 Å². The molecule has 1 aliphatic heterocycles. The van der Waals surface area contributed by atoms with Gasteiger partial charge >= 0.3 is 0 Å². The minimum absolute atomic E-state index is 0.0610. The van der Waals surface area contributed by atoms with Crippen molar-refractivity contribution in [3.63, 3.8) is 0 Å². The molecule has 1 saturated carbocycles. The molecule has 1 aliphatic carbocycles. The standard InChI is InChI=1S/C9H17NO/c1-9(2)6-10-7-4-3-5-8(7)11-9/h7-8,10H,3-6H2,1-2H3/t7-,8-/m1/s1. The van der Waals surface area contributed by atoms with E-state index in [1.54, 1.807) is 0 Å². The third-order valence-corrected chi connectivity index (χ3v) is 2.71. The smallest absolute Gasteiger partial charge is 0.0755 e. The lowest BCUT2D eigenvalue weighted by Gasteiger charge is -2.39. The van der Waals surface area contributed by atoms with E-state index in [0.717, 1.165) is 6.54 Å². The van der Waals surface area contributed by atoms with Gasteiger partial charge in [0.15, 0.2) is 0 Å². The highest BCUT2D eigenvalue weighted by Crippen LogP contribution is 2.29. The van der Waals surface area contributed by atoms with Gasteiger partial charge < -0.3 is 10.1 Å². The highest BCUT2D eigenvalue weighted by atomic mass is 16.5. The molecule has 64 valence electrons. The maximum absolute atomic E-state index is 5.94. The minimum atomic E-state index is 0.0610. The molecule has 0 spiro atoms. The van der Waals surface area contributed by atoms with Crippen molar-refractivity contribution in [2.75, 3.05) is 6.54 Å². The van der Waals surface area contributed by atoms with Crippen LogP contribution in [0.3, 0.4) is 0 Å². The second kappa shape index (κ2) is 2.46. The van der Waals surface area contributed by atoms with E-state index in [1.165, 1.54) is 19.3 Å². The van der Waals surface area contributed by atoms with Gasteiger partial charge in [0.2, 0.25) is 0 Å². The van der Waals surface area contributed by atoms with Gasteiger partial charge in [0.1, 0.15) is 0 Å². The zero-order valence-electron chi connectivity index (χ0n) is 7.39. The molecule has 0 aromatic rings. The molecule has 1 saturated heterocycles. The molecule has 2 atom stereocenters. The van der Waals surface area contributed by atoms with Gasteiger partial charge in [0.05, 0.1) is 11.7 Å². The SMILES string of the molecule is CC1(C)CN[C@@H]2CCC[C@H]2O1. The van der Waals surface area contributed by atoms with E-state index in [-0.39, 0.29) is 5.60 Å². The molecular formula is C9H17NO. The number of fused-ring (bicyclic) bond motifs is 1. The third kappa shape index (κ3) is 1.42. The van der Waals surface area contributed by atoms with Gasteiger partial charge in [-0.15, -0.1) is 0 Å². The van der Waals surface area contributed by atoms with Gasteiger partial charge in [0, 0.05) is 12.6 Å². The van der Waals surface area contributed by atoms with Crippen LogP contribution in [0.15, 0.2) is 0 Å². The Labute approximate surface area is 68.3 Å². The summed E-state index contributed by atoms with van der Waals surface area (Å²) in [6.07, 6.45) is 4.39. The maximum Gasteiger partial charge on any atom is 0.0755 e. The lowest BCUT2D eigenvalue weighted by atomic mass is 10.0. The molecule has 0 aromatic heterocycles. The number of nitrogens with one attached hydrogen (secondary N) is 1. The number of hydrogen-bond donors (Lipinski definition) is 1. The molecule has 2 rings (SSSR count). The summed E-state index contributed by atoms with van der Waals surface area (Å²) in [5.74, 6) is 0. The van der Waals surface area contributed by atoms with Gasteiger partial charge in [-0.2, -0.15) is 0 Å². The molecular weight excluding hydrogens is 138 g/mol. The van der Waals surface area contributed by atoms with Crippen molar-refractivity contribution in [3.05, 3.63) is 0 Å². The summed E-state index contributed by atoms with van der Waals surface area (Å²) >= 11 is 0. The van der Waals surface area contributed by atoms with Crippen molar-refractivity contribution < 1.29 is 4.74 Å². The first-order valence-electron chi connectivity index (χ1n) is 4.59. The lowest BCUT2D eigenvalue weighted by Crippen LogP contribution is -2.54. The third-order valence-electron chi connectivity index (χ3n) is 2.71. The first kappa shape index (κ1) is 7.56. The number of rotatable bonds is 0. The van der Waals surface area contributed by atoms with Crippen molar-refractivity contribution in [1.82, 2.24) is 5.32 Å². The predicted octanol–water partition coefficient (Wildman–Crippen LogP) is 1.31. The molecule has 0 bridgehead atoms. The van der Waals surface area contributed by atoms with Gasteiger partial charge in [0.25, 0.3) is 0 Å². The summed E-state index contributed by atoms with van der Waals surface area (Å²) in [6.45, 7) is 5.33. The summed E-state index contributed by atoms with van der Waals surface area (Å²) in [4.78, 5) is 0. The molecule has 0 unspecified atom stereocenters. The average molecular weight is 155 g/mol. The molecule has 1 N–H and O–H groups in total. The van der Waals surface area contributed by atoms with Crippen LogP contribution >= 0.6 is 0 Å². The highest BCUT2D eigenvalue weighted by molar-refractivity contribution is 4.92. The molecule has 0 aromatic carbocycles. The Morgan fingerprint density at radius 3 is 3.00 bits per heavy atom. The highest BCUT2D eigenvalue weighted by Gasteiger charge is 2.37. The fraction of sp³-hybridized carbons (Fsp3) is 1.00. The van der Waals surface area contributed by atoms with Gasteiger partial charge in [-0.05, 0) is 33.1 Å². The Morgan fingerprint density at radius 1 is 1.36 bits per heavy atom. The van der Waals surface area contributed by atoms with Gasteiger partial charge in [-0.1, -0.05) is 0 Å². The molecule has 0 radical (unpaired) electrons. The first-order valence-corrected chi connectivity index (χ1v) is 4.59. The van der Waals surface area contributed by atoms with Crippen LogP contribution in [0.5, 0.6) is 0 Å². The monoisotopic (exact) mass is 155 g/mol. The molecule has 2 heteroatoms. The van der Waals surface area contributed by atoms with E-state index in [1.807, 2.05) is 0 Å². The zero-order valence-corrected chi connectivity index (χ0v) is 7.39. The topological polar surface area (TPSA) is 21.3 Å². The van der Waals surface area contributed by atoms with Crippen LogP contribution in [0, 0.1) is 0 Å². The van der Waals surface area contributed by atoms with Crippen molar-refractivity contribution >= 4 is 0 Å². The van der Waals surface area contributed by atoms with E-state index in [2.05, 4.69) is 19.2 Å².